The van der Waals surface area contributed by atoms with Crippen LogP contribution in [0.1, 0.15) is 15.9 Å². The van der Waals surface area contributed by atoms with Gasteiger partial charge in [0.15, 0.2) is 0 Å². The molecule has 5 rings (SSSR count). The minimum atomic E-state index is -0.542. The van der Waals surface area contributed by atoms with Gasteiger partial charge in [0, 0.05) is 10.7 Å². The summed E-state index contributed by atoms with van der Waals surface area (Å²) >= 11 is 6.09. The predicted octanol–water partition coefficient (Wildman–Crippen LogP) is 7.63. The summed E-state index contributed by atoms with van der Waals surface area (Å²) in [5.74, 6) is -0.943. The third-order valence-corrected chi connectivity index (χ3v) is 5.94. The van der Waals surface area contributed by atoms with Gasteiger partial charge >= 0.3 is 0 Å². The van der Waals surface area contributed by atoms with Crippen LogP contribution in [-0.4, -0.2) is 5.91 Å². The van der Waals surface area contributed by atoms with Crippen molar-refractivity contribution >= 4 is 44.7 Å². The fraction of sp³-hybridized carbons (Fsp3) is 0.0357. The van der Waals surface area contributed by atoms with Crippen molar-refractivity contribution in [2.75, 3.05) is 4.90 Å². The molecule has 0 aliphatic heterocycles. The van der Waals surface area contributed by atoms with Crippen molar-refractivity contribution in [3.63, 3.8) is 0 Å². The summed E-state index contributed by atoms with van der Waals surface area (Å²) in [5, 5.41) is 4.88. The highest BCUT2D eigenvalue weighted by Crippen LogP contribution is 2.32. The fourth-order valence-corrected chi connectivity index (χ4v) is 4.24. The molecule has 0 fully saturated rings. The Kier molecular flexibility index (Phi) is 5.34. The van der Waals surface area contributed by atoms with E-state index in [0.717, 1.165) is 27.1 Å². The Morgan fingerprint density at radius 1 is 0.750 bits per heavy atom. The molecule has 0 N–H and O–H groups in total. The minimum absolute atomic E-state index is 0.0343. The topological polar surface area (TPSA) is 20.3 Å². The van der Waals surface area contributed by atoms with Crippen LogP contribution in [0.25, 0.3) is 21.5 Å². The first-order valence-electron chi connectivity index (χ1n) is 10.3. The zero-order valence-electron chi connectivity index (χ0n) is 17.1. The Morgan fingerprint density at radius 3 is 1.94 bits per heavy atom. The van der Waals surface area contributed by atoms with Crippen molar-refractivity contribution in [3.8, 4) is 0 Å². The summed E-state index contributed by atoms with van der Waals surface area (Å²) in [7, 11) is 0. The van der Waals surface area contributed by atoms with Crippen LogP contribution in [-0.2, 0) is 6.54 Å². The van der Waals surface area contributed by atoms with Gasteiger partial charge in [-0.15, -0.1) is 0 Å². The lowest BCUT2D eigenvalue weighted by atomic mass is 9.96. The quantitative estimate of drug-likeness (QED) is 0.263. The van der Waals surface area contributed by atoms with Gasteiger partial charge in [-0.05, 0) is 69.6 Å². The molecule has 0 unspecified atom stereocenters. The van der Waals surface area contributed by atoms with Crippen molar-refractivity contribution in [2.45, 2.75) is 6.54 Å². The fourth-order valence-electron chi connectivity index (χ4n) is 4.12. The highest BCUT2D eigenvalue weighted by Gasteiger charge is 2.23. The predicted molar refractivity (Wildman–Crippen MR) is 130 cm³/mol. The van der Waals surface area contributed by atoms with Gasteiger partial charge in [-0.2, -0.15) is 0 Å². The van der Waals surface area contributed by atoms with Gasteiger partial charge < -0.3 is 4.90 Å². The van der Waals surface area contributed by atoms with Crippen molar-refractivity contribution < 1.29 is 9.18 Å². The summed E-state index contributed by atoms with van der Waals surface area (Å²) in [6.07, 6.45) is 0. The van der Waals surface area contributed by atoms with Crippen LogP contribution in [0.15, 0.2) is 103 Å². The zero-order valence-corrected chi connectivity index (χ0v) is 17.9. The number of hydrogen-bond donors (Lipinski definition) is 0. The van der Waals surface area contributed by atoms with Crippen LogP contribution in [0.3, 0.4) is 0 Å². The van der Waals surface area contributed by atoms with Gasteiger partial charge in [0.2, 0.25) is 0 Å². The van der Waals surface area contributed by atoms with Gasteiger partial charge in [-0.25, -0.2) is 4.39 Å². The van der Waals surface area contributed by atoms with Crippen LogP contribution < -0.4 is 4.90 Å². The SMILES string of the molecule is O=C(c1ccccc1F)N(Cc1c2ccccc2cc2ccccc12)c1ccc(Cl)cc1. The standard InChI is InChI=1S/C28H19ClFNO/c29-21-13-15-22(16-14-21)31(28(32)25-11-5-6-12-27(25)30)18-26-23-9-3-1-7-19(23)17-20-8-2-4-10-24(20)26/h1-17H,18H2. The molecule has 0 heterocycles. The number of hydrogen-bond acceptors (Lipinski definition) is 1. The second-order valence-electron chi connectivity index (χ2n) is 7.64. The molecule has 2 nitrogen and oxygen atoms in total. The number of fused-ring (bicyclic) bond motifs is 2. The minimum Gasteiger partial charge on any atom is -0.304 e. The molecule has 1 amide bonds. The number of amides is 1. The number of rotatable bonds is 4. The maximum Gasteiger partial charge on any atom is 0.261 e. The van der Waals surface area contributed by atoms with Gasteiger partial charge in [-0.3, -0.25) is 4.79 Å². The lowest BCUT2D eigenvalue weighted by Gasteiger charge is -2.25. The molecular weight excluding hydrogens is 421 g/mol. The third kappa shape index (κ3) is 3.72. The van der Waals surface area contributed by atoms with Gasteiger partial charge in [-0.1, -0.05) is 72.3 Å². The number of anilines is 1. The van der Waals surface area contributed by atoms with Gasteiger partial charge in [0.1, 0.15) is 5.82 Å². The molecule has 4 heteroatoms. The first-order valence-corrected chi connectivity index (χ1v) is 10.7. The van der Waals surface area contributed by atoms with Crippen molar-refractivity contribution in [2.24, 2.45) is 0 Å². The average molecular weight is 440 g/mol. The van der Waals surface area contributed by atoms with E-state index in [2.05, 4.69) is 30.3 Å². The molecule has 0 saturated heterocycles. The molecule has 156 valence electrons. The van der Waals surface area contributed by atoms with Crippen LogP contribution >= 0.6 is 11.6 Å². The largest absolute Gasteiger partial charge is 0.304 e. The Bertz CT molecular complexity index is 1390. The molecule has 0 atom stereocenters. The lowest BCUT2D eigenvalue weighted by Crippen LogP contribution is -2.31. The molecule has 0 radical (unpaired) electrons. The van der Waals surface area contributed by atoms with Gasteiger partial charge in [0.25, 0.3) is 5.91 Å². The molecule has 0 saturated carbocycles. The summed E-state index contributed by atoms with van der Waals surface area (Å²) in [4.78, 5) is 15.2. The molecule has 0 spiro atoms. The Balaban J connectivity index is 1.71. The summed E-state index contributed by atoms with van der Waals surface area (Å²) in [6.45, 7) is 0.288. The average Bonchev–Trinajstić information content (AvgIpc) is 2.82. The first-order chi connectivity index (χ1) is 15.6. The van der Waals surface area contributed by atoms with E-state index < -0.39 is 11.7 Å². The number of carbonyl (C=O) groups excluding carboxylic acids is 1. The smallest absolute Gasteiger partial charge is 0.261 e. The molecule has 0 aromatic heterocycles. The number of halogens is 2. The second-order valence-corrected chi connectivity index (χ2v) is 8.08. The monoisotopic (exact) mass is 439 g/mol. The van der Waals surface area contributed by atoms with Crippen molar-refractivity contribution in [3.05, 3.63) is 125 Å². The molecule has 5 aromatic rings. The van der Waals surface area contributed by atoms with E-state index in [9.17, 15) is 9.18 Å². The Labute approximate surface area is 190 Å². The maximum absolute atomic E-state index is 14.6. The lowest BCUT2D eigenvalue weighted by molar-refractivity contribution is 0.0981. The van der Waals surface area contributed by atoms with E-state index >= 15 is 0 Å². The zero-order chi connectivity index (χ0) is 22.1. The molecule has 0 bridgehead atoms. The Hall–Kier alpha value is -3.69. The first kappa shape index (κ1) is 20.2. The summed E-state index contributed by atoms with van der Waals surface area (Å²) in [6, 6.07) is 31.5. The normalized spacial score (nSPS) is 11.1. The van der Waals surface area contributed by atoms with E-state index in [-0.39, 0.29) is 12.1 Å². The molecule has 0 aliphatic carbocycles. The van der Waals surface area contributed by atoms with Crippen molar-refractivity contribution in [1.29, 1.82) is 0 Å². The molecule has 0 aliphatic rings. The van der Waals surface area contributed by atoms with E-state index in [4.69, 9.17) is 11.6 Å². The van der Waals surface area contributed by atoms with E-state index in [0.29, 0.717) is 10.7 Å². The van der Waals surface area contributed by atoms with E-state index in [1.54, 1.807) is 41.3 Å². The van der Waals surface area contributed by atoms with E-state index in [1.165, 1.54) is 12.1 Å². The van der Waals surface area contributed by atoms with Gasteiger partial charge in [0.05, 0.1) is 12.1 Å². The highest BCUT2D eigenvalue weighted by molar-refractivity contribution is 6.30. The third-order valence-electron chi connectivity index (χ3n) is 5.69. The van der Waals surface area contributed by atoms with Crippen molar-refractivity contribution in [1.82, 2.24) is 0 Å². The number of nitrogens with zero attached hydrogens (tertiary/aromatic N) is 1. The summed E-state index contributed by atoms with van der Waals surface area (Å²) < 4.78 is 14.6. The second kappa shape index (κ2) is 8.45. The van der Waals surface area contributed by atoms with Crippen LogP contribution in [0.4, 0.5) is 10.1 Å². The maximum atomic E-state index is 14.6. The summed E-state index contributed by atoms with van der Waals surface area (Å²) in [5.41, 5.74) is 1.70. The number of benzene rings is 5. The Morgan fingerprint density at radius 2 is 1.31 bits per heavy atom. The van der Waals surface area contributed by atoms with Crippen LogP contribution in [0, 0.1) is 5.82 Å². The number of carbonyl (C=O) groups is 1. The van der Waals surface area contributed by atoms with Crippen LogP contribution in [0.5, 0.6) is 0 Å². The molecule has 32 heavy (non-hydrogen) atoms. The highest BCUT2D eigenvalue weighted by atomic mass is 35.5. The molecular formula is C28H19ClFNO. The van der Waals surface area contributed by atoms with Crippen LogP contribution in [0.2, 0.25) is 5.02 Å². The molecule has 5 aromatic carbocycles. The van der Waals surface area contributed by atoms with E-state index in [1.807, 2.05) is 24.3 Å².